The van der Waals surface area contributed by atoms with Gasteiger partial charge in [-0.25, -0.2) is 0 Å². The molecular formula is C20H33IN6. The van der Waals surface area contributed by atoms with Crippen LogP contribution in [0.2, 0.25) is 0 Å². The molecule has 1 atom stereocenters. The molecule has 7 heteroatoms. The number of nitrogens with zero attached hydrogens (tertiary/aromatic N) is 5. The SMILES string of the molecule is CCNC(=NCCc1nnc2ccccn12)N1CCC(C(CC)CC)C1.I. The summed E-state index contributed by atoms with van der Waals surface area (Å²) in [6, 6.07) is 5.97. The molecule has 1 fully saturated rings. The summed E-state index contributed by atoms with van der Waals surface area (Å²) in [5, 5.41) is 12.0. The maximum absolute atomic E-state index is 4.87. The molecular weight excluding hydrogens is 451 g/mol. The third-order valence-electron chi connectivity index (χ3n) is 5.56. The number of nitrogens with one attached hydrogen (secondary N) is 1. The Kier molecular flexibility index (Phi) is 8.79. The van der Waals surface area contributed by atoms with Crippen molar-refractivity contribution in [1.29, 1.82) is 0 Å². The number of aliphatic imine (C=N–C) groups is 1. The lowest BCUT2D eigenvalue weighted by molar-refractivity contribution is 0.319. The first-order chi connectivity index (χ1) is 12.8. The van der Waals surface area contributed by atoms with E-state index in [2.05, 4.69) is 41.2 Å². The summed E-state index contributed by atoms with van der Waals surface area (Å²) in [6.07, 6.45) is 6.65. The maximum atomic E-state index is 4.87. The van der Waals surface area contributed by atoms with Crippen LogP contribution in [0.15, 0.2) is 29.4 Å². The van der Waals surface area contributed by atoms with E-state index in [4.69, 9.17) is 4.99 Å². The van der Waals surface area contributed by atoms with Crippen LogP contribution in [0, 0.1) is 11.8 Å². The zero-order valence-electron chi connectivity index (χ0n) is 16.8. The summed E-state index contributed by atoms with van der Waals surface area (Å²) in [5.41, 5.74) is 0.894. The number of pyridine rings is 1. The highest BCUT2D eigenvalue weighted by atomic mass is 127. The van der Waals surface area contributed by atoms with Gasteiger partial charge in [0.2, 0.25) is 0 Å². The fourth-order valence-corrected chi connectivity index (χ4v) is 4.07. The first-order valence-corrected chi connectivity index (χ1v) is 10.1. The van der Waals surface area contributed by atoms with Crippen LogP contribution in [0.25, 0.3) is 5.65 Å². The van der Waals surface area contributed by atoms with E-state index >= 15 is 0 Å². The summed E-state index contributed by atoms with van der Waals surface area (Å²) in [5.74, 6) is 3.66. The first kappa shape index (κ1) is 21.9. The van der Waals surface area contributed by atoms with E-state index in [0.717, 1.165) is 61.9 Å². The molecule has 3 heterocycles. The topological polar surface area (TPSA) is 57.8 Å². The third-order valence-corrected chi connectivity index (χ3v) is 5.56. The molecule has 3 rings (SSSR count). The lowest BCUT2D eigenvalue weighted by atomic mass is 9.87. The van der Waals surface area contributed by atoms with Crippen molar-refractivity contribution in [2.75, 3.05) is 26.2 Å². The van der Waals surface area contributed by atoms with E-state index in [0.29, 0.717) is 0 Å². The van der Waals surface area contributed by atoms with Crippen LogP contribution in [0.3, 0.4) is 0 Å². The van der Waals surface area contributed by atoms with E-state index < -0.39 is 0 Å². The van der Waals surface area contributed by atoms with Gasteiger partial charge in [-0.2, -0.15) is 0 Å². The third kappa shape index (κ3) is 5.33. The number of halogens is 1. The second-order valence-corrected chi connectivity index (χ2v) is 7.10. The highest BCUT2D eigenvalue weighted by molar-refractivity contribution is 14.0. The summed E-state index contributed by atoms with van der Waals surface area (Å²) in [6.45, 7) is 10.6. The number of guanidine groups is 1. The molecule has 2 aromatic heterocycles. The zero-order chi connectivity index (χ0) is 18.4. The molecule has 1 N–H and O–H groups in total. The normalized spacial score (nSPS) is 17.6. The number of aromatic nitrogens is 3. The van der Waals surface area contributed by atoms with Gasteiger partial charge >= 0.3 is 0 Å². The van der Waals surface area contributed by atoms with Crippen molar-refractivity contribution >= 4 is 35.6 Å². The van der Waals surface area contributed by atoms with Crippen LogP contribution in [0.5, 0.6) is 0 Å². The van der Waals surface area contributed by atoms with Gasteiger partial charge in [-0.05, 0) is 37.3 Å². The van der Waals surface area contributed by atoms with E-state index in [1.54, 1.807) is 0 Å². The Bertz CT molecular complexity index is 724. The Balaban J connectivity index is 0.00000261. The number of likely N-dealkylation sites (tertiary alicyclic amines) is 1. The van der Waals surface area contributed by atoms with Gasteiger partial charge in [0.15, 0.2) is 11.6 Å². The molecule has 6 nitrogen and oxygen atoms in total. The van der Waals surface area contributed by atoms with Crippen LogP contribution in [-0.2, 0) is 6.42 Å². The number of fused-ring (bicyclic) bond motifs is 1. The first-order valence-electron chi connectivity index (χ1n) is 10.1. The van der Waals surface area contributed by atoms with E-state index in [1.807, 2.05) is 28.8 Å². The second-order valence-electron chi connectivity index (χ2n) is 7.10. The molecule has 0 amide bonds. The molecule has 0 bridgehead atoms. The lowest BCUT2D eigenvalue weighted by Gasteiger charge is -2.24. The van der Waals surface area contributed by atoms with E-state index in [-0.39, 0.29) is 24.0 Å². The smallest absolute Gasteiger partial charge is 0.193 e. The van der Waals surface area contributed by atoms with Gasteiger partial charge in [0.05, 0.1) is 0 Å². The summed E-state index contributed by atoms with van der Waals surface area (Å²) in [4.78, 5) is 7.31. The standard InChI is InChI=1S/C20H32N6.HI/c1-4-16(5-2)17-11-14-25(15-17)20(21-6-3)22-12-10-19-24-23-18-9-7-8-13-26(18)19;/h7-9,13,16-17H,4-6,10-12,14-15H2,1-3H3,(H,21,22);1H. The predicted molar refractivity (Wildman–Crippen MR) is 122 cm³/mol. The van der Waals surface area contributed by atoms with Crippen molar-refractivity contribution < 1.29 is 0 Å². The zero-order valence-corrected chi connectivity index (χ0v) is 19.1. The molecule has 1 saturated heterocycles. The second kappa shape index (κ2) is 10.8. The van der Waals surface area contributed by atoms with Crippen molar-refractivity contribution in [1.82, 2.24) is 24.8 Å². The highest BCUT2D eigenvalue weighted by Crippen LogP contribution is 2.28. The molecule has 2 aromatic rings. The Morgan fingerprint density at radius 1 is 1.26 bits per heavy atom. The van der Waals surface area contributed by atoms with E-state index in [9.17, 15) is 0 Å². The molecule has 0 aromatic carbocycles. The van der Waals surface area contributed by atoms with Crippen molar-refractivity contribution in [2.45, 2.75) is 46.5 Å². The van der Waals surface area contributed by atoms with Gasteiger partial charge < -0.3 is 10.2 Å². The Morgan fingerprint density at radius 3 is 2.81 bits per heavy atom. The Labute approximate surface area is 179 Å². The average molecular weight is 484 g/mol. The molecule has 1 unspecified atom stereocenters. The predicted octanol–water partition coefficient (Wildman–Crippen LogP) is 3.61. The molecule has 0 saturated carbocycles. The minimum absolute atomic E-state index is 0. The molecule has 1 aliphatic rings. The number of hydrogen-bond donors (Lipinski definition) is 1. The largest absolute Gasteiger partial charge is 0.357 e. The maximum Gasteiger partial charge on any atom is 0.193 e. The molecule has 0 aliphatic carbocycles. The van der Waals surface area contributed by atoms with Crippen LogP contribution >= 0.6 is 24.0 Å². The fraction of sp³-hybridized carbons (Fsp3) is 0.650. The minimum atomic E-state index is 0. The molecule has 150 valence electrons. The molecule has 0 radical (unpaired) electrons. The van der Waals surface area contributed by atoms with Gasteiger partial charge in [0.1, 0.15) is 5.82 Å². The fourth-order valence-electron chi connectivity index (χ4n) is 4.07. The van der Waals surface area contributed by atoms with Crippen LogP contribution < -0.4 is 5.32 Å². The lowest BCUT2D eigenvalue weighted by Crippen LogP contribution is -2.40. The van der Waals surface area contributed by atoms with Crippen molar-refractivity contribution in [3.05, 3.63) is 30.2 Å². The highest BCUT2D eigenvalue weighted by Gasteiger charge is 2.29. The van der Waals surface area contributed by atoms with Gasteiger partial charge in [0.25, 0.3) is 0 Å². The number of hydrogen-bond acceptors (Lipinski definition) is 3. The van der Waals surface area contributed by atoms with Crippen molar-refractivity contribution in [3.63, 3.8) is 0 Å². The van der Waals surface area contributed by atoms with Crippen molar-refractivity contribution in [3.8, 4) is 0 Å². The molecule has 27 heavy (non-hydrogen) atoms. The molecule has 0 spiro atoms. The monoisotopic (exact) mass is 484 g/mol. The van der Waals surface area contributed by atoms with E-state index in [1.165, 1.54) is 19.3 Å². The summed E-state index contributed by atoms with van der Waals surface area (Å²) >= 11 is 0. The van der Waals surface area contributed by atoms with Crippen LogP contribution in [0.4, 0.5) is 0 Å². The van der Waals surface area contributed by atoms with Gasteiger partial charge in [-0.3, -0.25) is 9.39 Å². The molecule has 1 aliphatic heterocycles. The van der Waals surface area contributed by atoms with Gasteiger partial charge in [-0.15, -0.1) is 34.2 Å². The Hall–Kier alpha value is -1.38. The van der Waals surface area contributed by atoms with Gasteiger partial charge in [0, 0.05) is 38.8 Å². The number of rotatable bonds is 7. The summed E-state index contributed by atoms with van der Waals surface area (Å²) in [7, 11) is 0. The summed E-state index contributed by atoms with van der Waals surface area (Å²) < 4.78 is 2.04. The average Bonchev–Trinajstić information content (AvgIpc) is 3.30. The Morgan fingerprint density at radius 2 is 2.07 bits per heavy atom. The van der Waals surface area contributed by atoms with Crippen LogP contribution in [-0.4, -0.2) is 51.6 Å². The van der Waals surface area contributed by atoms with Crippen LogP contribution in [0.1, 0.15) is 45.9 Å². The van der Waals surface area contributed by atoms with Gasteiger partial charge in [-0.1, -0.05) is 32.8 Å². The quantitative estimate of drug-likeness (QED) is 0.371. The van der Waals surface area contributed by atoms with Crippen molar-refractivity contribution in [2.24, 2.45) is 16.8 Å². The minimum Gasteiger partial charge on any atom is -0.357 e.